The molecular formula is C27H26N2O3. The second-order valence-electron chi connectivity index (χ2n) is 7.90. The Balaban J connectivity index is 2.08. The zero-order valence-corrected chi connectivity index (χ0v) is 17.9. The lowest BCUT2D eigenvalue weighted by molar-refractivity contribution is -0.142. The van der Waals surface area contributed by atoms with Crippen LogP contribution >= 0.6 is 0 Å². The maximum Gasteiger partial charge on any atom is 0.326 e. The number of carbonyl (C=O) groups excluding carboxylic acids is 1. The average Bonchev–Trinajstić information content (AvgIpc) is 2.83. The highest BCUT2D eigenvalue weighted by atomic mass is 16.4. The normalized spacial score (nSPS) is 12.9. The summed E-state index contributed by atoms with van der Waals surface area (Å²) in [5.41, 5.74) is 2.00. The van der Waals surface area contributed by atoms with Crippen LogP contribution in [-0.2, 0) is 15.0 Å². The van der Waals surface area contributed by atoms with Gasteiger partial charge in [0.15, 0.2) is 0 Å². The van der Waals surface area contributed by atoms with Gasteiger partial charge in [-0.25, -0.2) is 4.79 Å². The van der Waals surface area contributed by atoms with Gasteiger partial charge in [-0.2, -0.15) is 5.26 Å². The van der Waals surface area contributed by atoms with Crippen LogP contribution in [-0.4, -0.2) is 23.0 Å². The summed E-state index contributed by atoms with van der Waals surface area (Å²) in [6.45, 7) is 1.64. The van der Waals surface area contributed by atoms with Crippen LogP contribution in [0.2, 0.25) is 0 Å². The number of benzene rings is 3. The molecule has 5 heteroatoms. The minimum absolute atomic E-state index is 0.0236. The fourth-order valence-corrected chi connectivity index (χ4v) is 4.09. The fraction of sp³-hybridized carbons (Fsp3) is 0.222. The minimum atomic E-state index is -1.15. The largest absolute Gasteiger partial charge is 0.480 e. The predicted molar refractivity (Wildman–Crippen MR) is 123 cm³/mol. The molecule has 3 rings (SSSR count). The van der Waals surface area contributed by atoms with Gasteiger partial charge in [0.1, 0.15) is 6.04 Å². The van der Waals surface area contributed by atoms with Crippen LogP contribution in [0.3, 0.4) is 0 Å². The minimum Gasteiger partial charge on any atom is -0.480 e. The molecule has 0 aliphatic carbocycles. The third-order valence-electron chi connectivity index (χ3n) is 5.67. The zero-order valence-electron chi connectivity index (χ0n) is 17.9. The van der Waals surface area contributed by atoms with Gasteiger partial charge in [-0.3, -0.25) is 4.79 Å². The molecule has 0 fully saturated rings. The van der Waals surface area contributed by atoms with Crippen LogP contribution < -0.4 is 5.32 Å². The lowest BCUT2D eigenvalue weighted by Crippen LogP contribution is -2.45. The molecule has 0 bridgehead atoms. The summed E-state index contributed by atoms with van der Waals surface area (Å²) in [5.74, 6) is -2.03. The van der Waals surface area contributed by atoms with Crippen LogP contribution in [0.25, 0.3) is 0 Å². The number of carboxylic acids is 1. The summed E-state index contributed by atoms with van der Waals surface area (Å²) in [5, 5.41) is 21.3. The molecule has 0 saturated carbocycles. The highest BCUT2D eigenvalue weighted by Crippen LogP contribution is 2.42. The summed E-state index contributed by atoms with van der Waals surface area (Å²) < 4.78 is 0. The number of carbonyl (C=O) groups is 2. The summed E-state index contributed by atoms with van der Waals surface area (Å²) in [6, 6.07) is 30.2. The van der Waals surface area contributed by atoms with Crippen LogP contribution in [0.1, 0.15) is 36.5 Å². The van der Waals surface area contributed by atoms with Crippen molar-refractivity contribution in [3.05, 3.63) is 108 Å². The van der Waals surface area contributed by atoms with E-state index in [2.05, 4.69) is 5.32 Å². The first-order valence-electron chi connectivity index (χ1n) is 10.6. The van der Waals surface area contributed by atoms with Gasteiger partial charge < -0.3 is 10.4 Å². The number of hydrogen-bond acceptors (Lipinski definition) is 3. The van der Waals surface area contributed by atoms with Gasteiger partial charge >= 0.3 is 5.97 Å². The highest BCUT2D eigenvalue weighted by molar-refractivity contribution is 5.85. The van der Waals surface area contributed by atoms with E-state index in [1.165, 1.54) is 0 Å². The Morgan fingerprint density at radius 3 is 1.62 bits per heavy atom. The van der Waals surface area contributed by atoms with Gasteiger partial charge in [0.25, 0.3) is 0 Å². The van der Waals surface area contributed by atoms with Crippen LogP contribution in [0, 0.1) is 17.2 Å². The molecule has 2 atom stereocenters. The second kappa shape index (κ2) is 10.4. The Morgan fingerprint density at radius 1 is 0.875 bits per heavy atom. The lowest BCUT2D eigenvalue weighted by atomic mass is 9.67. The maximum absolute atomic E-state index is 13.3. The molecule has 5 nitrogen and oxygen atoms in total. The average molecular weight is 427 g/mol. The summed E-state index contributed by atoms with van der Waals surface area (Å²) in [7, 11) is 0. The SMILES string of the molecule is C[C@@H](C#N)C[C@H](NC(=O)CC(c1ccccc1)(c1ccccc1)c1ccccc1)C(=O)O. The van der Waals surface area contributed by atoms with Gasteiger partial charge in [-0.05, 0) is 30.0 Å². The molecule has 3 aromatic rings. The molecule has 2 N–H and O–H groups in total. The van der Waals surface area contributed by atoms with Crippen LogP contribution in [0.15, 0.2) is 91.0 Å². The van der Waals surface area contributed by atoms with Gasteiger partial charge in [0, 0.05) is 12.3 Å². The Morgan fingerprint density at radius 2 is 1.28 bits per heavy atom. The van der Waals surface area contributed by atoms with Crippen molar-refractivity contribution in [3.8, 4) is 6.07 Å². The molecular weight excluding hydrogens is 400 g/mol. The van der Waals surface area contributed by atoms with Crippen molar-refractivity contribution in [3.63, 3.8) is 0 Å². The molecule has 32 heavy (non-hydrogen) atoms. The number of rotatable bonds is 9. The summed E-state index contributed by atoms with van der Waals surface area (Å²) in [4.78, 5) is 25.0. The van der Waals surface area contributed by atoms with E-state index in [0.29, 0.717) is 0 Å². The fourth-order valence-electron chi connectivity index (χ4n) is 4.09. The topological polar surface area (TPSA) is 90.2 Å². The first-order valence-corrected chi connectivity index (χ1v) is 10.6. The number of amides is 1. The number of nitrogens with one attached hydrogen (secondary N) is 1. The van der Waals surface area contributed by atoms with Crippen molar-refractivity contribution in [2.45, 2.75) is 31.2 Å². The van der Waals surface area contributed by atoms with E-state index in [-0.39, 0.29) is 18.7 Å². The first kappa shape index (κ1) is 22.8. The van der Waals surface area contributed by atoms with E-state index in [1.807, 2.05) is 97.1 Å². The summed E-state index contributed by atoms with van der Waals surface area (Å²) in [6.07, 6.45) is 0.0718. The van der Waals surface area contributed by atoms with Gasteiger partial charge in [0.05, 0.1) is 11.5 Å². The van der Waals surface area contributed by atoms with E-state index >= 15 is 0 Å². The zero-order chi connectivity index (χ0) is 23.0. The standard InChI is InChI=1S/C27H26N2O3/c1-20(19-28)17-24(26(31)32)29-25(30)18-27(21-11-5-2-6-12-21,22-13-7-3-8-14-22)23-15-9-4-10-16-23/h2-16,20,24H,17-18H2,1H3,(H,29,30)(H,31,32)/t20-,24+/m1/s1. The maximum atomic E-state index is 13.3. The number of hydrogen-bond donors (Lipinski definition) is 2. The van der Waals surface area contributed by atoms with Crippen molar-refractivity contribution < 1.29 is 14.7 Å². The van der Waals surface area contributed by atoms with Crippen molar-refractivity contribution in [2.24, 2.45) is 5.92 Å². The molecule has 1 amide bonds. The molecule has 0 spiro atoms. The van der Waals surface area contributed by atoms with Gasteiger partial charge in [0.2, 0.25) is 5.91 Å². The van der Waals surface area contributed by atoms with Crippen molar-refractivity contribution in [2.75, 3.05) is 0 Å². The Labute approximate surface area is 188 Å². The molecule has 0 heterocycles. The number of nitriles is 1. The first-order chi connectivity index (χ1) is 15.5. The Kier molecular flexibility index (Phi) is 7.41. The van der Waals surface area contributed by atoms with Crippen molar-refractivity contribution in [1.82, 2.24) is 5.32 Å². The third-order valence-corrected chi connectivity index (χ3v) is 5.67. The van der Waals surface area contributed by atoms with E-state index in [1.54, 1.807) is 6.92 Å². The van der Waals surface area contributed by atoms with E-state index in [9.17, 15) is 14.7 Å². The van der Waals surface area contributed by atoms with E-state index in [4.69, 9.17) is 5.26 Å². The van der Waals surface area contributed by atoms with E-state index < -0.39 is 23.3 Å². The molecule has 0 aliphatic heterocycles. The number of carboxylic acid groups (broad SMARTS) is 1. The lowest BCUT2D eigenvalue weighted by Gasteiger charge is -2.36. The third kappa shape index (κ3) is 5.04. The Bertz CT molecular complexity index is 979. The molecule has 0 saturated heterocycles. The van der Waals surface area contributed by atoms with Gasteiger partial charge in [-0.15, -0.1) is 0 Å². The smallest absolute Gasteiger partial charge is 0.326 e. The number of nitrogens with zero attached hydrogens (tertiary/aromatic N) is 1. The molecule has 0 radical (unpaired) electrons. The monoisotopic (exact) mass is 426 g/mol. The highest BCUT2D eigenvalue weighted by Gasteiger charge is 2.39. The van der Waals surface area contributed by atoms with Crippen molar-refractivity contribution >= 4 is 11.9 Å². The van der Waals surface area contributed by atoms with Crippen molar-refractivity contribution in [1.29, 1.82) is 5.26 Å². The van der Waals surface area contributed by atoms with Gasteiger partial charge in [-0.1, -0.05) is 91.0 Å². The van der Waals surface area contributed by atoms with Crippen LogP contribution in [0.4, 0.5) is 0 Å². The van der Waals surface area contributed by atoms with E-state index in [0.717, 1.165) is 16.7 Å². The van der Waals surface area contributed by atoms with Crippen LogP contribution in [0.5, 0.6) is 0 Å². The Hall–Kier alpha value is -3.91. The predicted octanol–water partition coefficient (Wildman–Crippen LogP) is 4.53. The second-order valence-corrected chi connectivity index (χ2v) is 7.90. The number of aliphatic carboxylic acids is 1. The molecule has 3 aromatic carbocycles. The molecule has 162 valence electrons. The summed E-state index contributed by atoms with van der Waals surface area (Å²) >= 11 is 0. The molecule has 0 aromatic heterocycles. The molecule has 0 unspecified atom stereocenters. The quantitative estimate of drug-likeness (QED) is 0.492. The molecule has 0 aliphatic rings.